The van der Waals surface area contributed by atoms with E-state index in [2.05, 4.69) is 5.32 Å². The molecule has 0 bridgehead atoms. The summed E-state index contributed by atoms with van der Waals surface area (Å²) in [6, 6.07) is 22.0. The van der Waals surface area contributed by atoms with Crippen LogP contribution in [-0.4, -0.2) is 48.9 Å². The number of benzene rings is 3. The van der Waals surface area contributed by atoms with Gasteiger partial charge in [0.25, 0.3) is 0 Å². The van der Waals surface area contributed by atoms with Crippen molar-refractivity contribution in [3.8, 4) is 5.75 Å². The van der Waals surface area contributed by atoms with E-state index in [1.807, 2.05) is 65.6 Å². The Bertz CT molecular complexity index is 1340. The zero-order valence-electron chi connectivity index (χ0n) is 23.7. The van der Waals surface area contributed by atoms with Crippen molar-refractivity contribution in [3.05, 3.63) is 99.5 Å². The molecule has 1 saturated heterocycles. The van der Waals surface area contributed by atoms with Crippen molar-refractivity contribution < 1.29 is 23.9 Å². The number of ether oxygens (including phenoxy) is 2. The highest BCUT2D eigenvalue weighted by Crippen LogP contribution is 2.25. The number of carbonyl (C=O) groups is 3. The second-order valence-electron chi connectivity index (χ2n) is 10.5. The lowest BCUT2D eigenvalue weighted by atomic mass is 9.92. The van der Waals surface area contributed by atoms with Crippen LogP contribution < -0.4 is 10.1 Å². The van der Waals surface area contributed by atoms with E-state index < -0.39 is 12.0 Å². The molecule has 42 heavy (non-hydrogen) atoms. The van der Waals surface area contributed by atoms with Crippen molar-refractivity contribution >= 4 is 41.0 Å². The standard InChI is InChI=1S/C33H36Cl2N2O5/c1-41-33(40)30(20-24-7-11-27(12-8-24)42-22-26-5-3-2-4-6-26)36-31(38)21-25-15-17-37(18-16-25)32(39)14-10-23-9-13-28(34)29(35)19-23/h2-9,11-13,19,25,30H,10,14-18,20-22H2,1H3,(H,36,38)/t30-/m1/s1. The van der Waals surface area contributed by atoms with Gasteiger partial charge in [0.15, 0.2) is 0 Å². The number of hydrogen-bond acceptors (Lipinski definition) is 5. The van der Waals surface area contributed by atoms with E-state index in [9.17, 15) is 14.4 Å². The number of carbonyl (C=O) groups excluding carboxylic acids is 3. The van der Waals surface area contributed by atoms with Crippen LogP contribution in [0.5, 0.6) is 5.75 Å². The molecule has 0 saturated carbocycles. The lowest BCUT2D eigenvalue weighted by molar-refractivity contribution is -0.145. The molecule has 4 rings (SSSR count). The monoisotopic (exact) mass is 610 g/mol. The van der Waals surface area contributed by atoms with Gasteiger partial charge in [-0.15, -0.1) is 0 Å². The molecule has 0 unspecified atom stereocenters. The summed E-state index contributed by atoms with van der Waals surface area (Å²) in [5.74, 6) is 0.267. The molecule has 3 aromatic carbocycles. The molecular formula is C33H36Cl2N2O5. The van der Waals surface area contributed by atoms with Gasteiger partial charge in [0, 0.05) is 32.4 Å². The lowest BCUT2D eigenvalue weighted by Gasteiger charge is -2.32. The van der Waals surface area contributed by atoms with E-state index in [1.165, 1.54) is 7.11 Å². The van der Waals surface area contributed by atoms with E-state index in [4.69, 9.17) is 32.7 Å². The first-order valence-corrected chi connectivity index (χ1v) is 14.9. The maximum Gasteiger partial charge on any atom is 0.328 e. The summed E-state index contributed by atoms with van der Waals surface area (Å²) in [7, 11) is 1.32. The van der Waals surface area contributed by atoms with Crippen molar-refractivity contribution in [2.24, 2.45) is 5.92 Å². The molecule has 0 aliphatic carbocycles. The van der Waals surface area contributed by atoms with Gasteiger partial charge in [0.05, 0.1) is 17.2 Å². The number of rotatable bonds is 12. The van der Waals surface area contributed by atoms with Crippen LogP contribution in [0.25, 0.3) is 0 Å². The van der Waals surface area contributed by atoms with E-state index in [-0.39, 0.29) is 17.7 Å². The number of aryl methyl sites for hydroxylation is 1. The molecule has 9 heteroatoms. The largest absolute Gasteiger partial charge is 0.489 e. The maximum atomic E-state index is 12.9. The SMILES string of the molecule is COC(=O)[C@@H](Cc1ccc(OCc2ccccc2)cc1)NC(=O)CC1CCN(C(=O)CCc2ccc(Cl)c(Cl)c2)CC1. The molecule has 1 atom stereocenters. The molecule has 1 aliphatic rings. The van der Waals surface area contributed by atoms with Crippen molar-refractivity contribution in [2.45, 2.75) is 51.2 Å². The lowest BCUT2D eigenvalue weighted by Crippen LogP contribution is -2.44. The van der Waals surface area contributed by atoms with E-state index in [0.717, 1.165) is 35.3 Å². The number of amides is 2. The summed E-state index contributed by atoms with van der Waals surface area (Å²) in [5.41, 5.74) is 2.93. The number of nitrogens with zero attached hydrogens (tertiary/aromatic N) is 1. The predicted octanol–water partition coefficient (Wildman–Crippen LogP) is 6.03. The minimum atomic E-state index is -0.790. The molecule has 0 spiro atoms. The van der Waals surface area contributed by atoms with Crippen LogP contribution in [0.1, 0.15) is 42.4 Å². The first-order chi connectivity index (χ1) is 20.3. The number of methoxy groups -OCH3 is 1. The van der Waals surface area contributed by atoms with Gasteiger partial charge in [-0.05, 0) is 66.1 Å². The number of hydrogen-bond donors (Lipinski definition) is 1. The summed E-state index contributed by atoms with van der Waals surface area (Å²) in [4.78, 5) is 39.9. The Hall–Kier alpha value is -3.55. The molecule has 222 valence electrons. The molecule has 1 N–H and O–H groups in total. The van der Waals surface area contributed by atoms with Crippen LogP contribution in [0.3, 0.4) is 0 Å². The minimum absolute atomic E-state index is 0.0891. The Balaban J connectivity index is 1.21. The molecule has 2 amide bonds. The smallest absolute Gasteiger partial charge is 0.328 e. The highest BCUT2D eigenvalue weighted by Gasteiger charge is 2.27. The Kier molecular flexibility index (Phi) is 11.7. The van der Waals surface area contributed by atoms with Crippen LogP contribution in [0.15, 0.2) is 72.8 Å². The highest BCUT2D eigenvalue weighted by atomic mass is 35.5. The second-order valence-corrected chi connectivity index (χ2v) is 11.4. The van der Waals surface area contributed by atoms with Crippen molar-refractivity contribution in [1.29, 1.82) is 0 Å². The van der Waals surface area contributed by atoms with Gasteiger partial charge in [-0.3, -0.25) is 9.59 Å². The number of halogens is 2. The first kappa shape index (κ1) is 31.4. The van der Waals surface area contributed by atoms with Crippen LogP contribution in [-0.2, 0) is 38.6 Å². The number of nitrogens with one attached hydrogen (secondary N) is 1. The van der Waals surface area contributed by atoms with Gasteiger partial charge in [0.2, 0.25) is 11.8 Å². The summed E-state index contributed by atoms with van der Waals surface area (Å²) >= 11 is 12.0. The molecule has 1 heterocycles. The molecule has 7 nitrogen and oxygen atoms in total. The molecule has 3 aromatic rings. The second kappa shape index (κ2) is 15.6. The quantitative estimate of drug-likeness (QED) is 0.253. The normalized spacial score (nSPS) is 14.2. The molecule has 0 aromatic heterocycles. The van der Waals surface area contributed by atoms with Gasteiger partial charge in [-0.25, -0.2) is 4.79 Å². The Labute approximate surface area is 257 Å². The minimum Gasteiger partial charge on any atom is -0.489 e. The van der Waals surface area contributed by atoms with Gasteiger partial charge in [-0.2, -0.15) is 0 Å². The van der Waals surface area contributed by atoms with Crippen LogP contribution >= 0.6 is 23.2 Å². The Morgan fingerprint density at radius 3 is 2.26 bits per heavy atom. The molecule has 1 aliphatic heterocycles. The van der Waals surface area contributed by atoms with Gasteiger partial charge in [-0.1, -0.05) is 71.7 Å². The first-order valence-electron chi connectivity index (χ1n) is 14.1. The summed E-state index contributed by atoms with van der Waals surface area (Å²) in [6.07, 6.45) is 3.06. The average Bonchev–Trinajstić information content (AvgIpc) is 3.01. The summed E-state index contributed by atoms with van der Waals surface area (Å²) in [5, 5.41) is 3.84. The van der Waals surface area contributed by atoms with Gasteiger partial charge in [0.1, 0.15) is 18.4 Å². The third kappa shape index (κ3) is 9.50. The molecular weight excluding hydrogens is 575 g/mol. The fraction of sp³-hybridized carbons (Fsp3) is 0.364. The zero-order chi connectivity index (χ0) is 29.9. The maximum absolute atomic E-state index is 12.9. The predicted molar refractivity (Wildman–Crippen MR) is 164 cm³/mol. The van der Waals surface area contributed by atoms with E-state index >= 15 is 0 Å². The topological polar surface area (TPSA) is 84.9 Å². The number of likely N-dealkylation sites (tertiary alicyclic amines) is 1. The molecule has 0 radical (unpaired) electrons. The third-order valence-electron chi connectivity index (χ3n) is 7.49. The average molecular weight is 612 g/mol. The number of piperidine rings is 1. The summed E-state index contributed by atoms with van der Waals surface area (Å²) in [6.45, 7) is 1.68. The van der Waals surface area contributed by atoms with Crippen molar-refractivity contribution in [1.82, 2.24) is 10.2 Å². The van der Waals surface area contributed by atoms with Gasteiger partial charge < -0.3 is 19.7 Å². The third-order valence-corrected chi connectivity index (χ3v) is 8.22. The highest BCUT2D eigenvalue weighted by molar-refractivity contribution is 6.42. The fourth-order valence-corrected chi connectivity index (χ4v) is 5.36. The molecule has 1 fully saturated rings. The van der Waals surface area contributed by atoms with Crippen molar-refractivity contribution in [3.63, 3.8) is 0 Å². The van der Waals surface area contributed by atoms with Crippen LogP contribution in [0, 0.1) is 5.92 Å². The van der Waals surface area contributed by atoms with E-state index in [0.29, 0.717) is 55.4 Å². The summed E-state index contributed by atoms with van der Waals surface area (Å²) < 4.78 is 10.8. The zero-order valence-corrected chi connectivity index (χ0v) is 25.2. The Morgan fingerprint density at radius 2 is 1.60 bits per heavy atom. The Morgan fingerprint density at radius 1 is 0.905 bits per heavy atom. The van der Waals surface area contributed by atoms with Crippen molar-refractivity contribution in [2.75, 3.05) is 20.2 Å². The van der Waals surface area contributed by atoms with E-state index in [1.54, 1.807) is 12.1 Å². The van der Waals surface area contributed by atoms with Crippen LogP contribution in [0.4, 0.5) is 0 Å². The van der Waals surface area contributed by atoms with Crippen LogP contribution in [0.2, 0.25) is 10.0 Å². The van der Waals surface area contributed by atoms with Gasteiger partial charge >= 0.3 is 5.97 Å². The number of esters is 1. The fourth-order valence-electron chi connectivity index (χ4n) is 5.04.